The number of nitrogens with zero attached hydrogens (tertiary/aromatic N) is 4. The Morgan fingerprint density at radius 3 is 2.78 bits per heavy atom. The summed E-state index contributed by atoms with van der Waals surface area (Å²) in [4.78, 5) is 28.2. The summed E-state index contributed by atoms with van der Waals surface area (Å²) in [5.41, 5.74) is 1.57. The molecule has 1 fully saturated rings. The quantitative estimate of drug-likeness (QED) is 0.927. The minimum atomic E-state index is -0.111. The van der Waals surface area contributed by atoms with Crippen LogP contribution in [0.1, 0.15) is 38.9 Å². The van der Waals surface area contributed by atoms with Gasteiger partial charge < -0.3 is 5.32 Å². The second kappa shape index (κ2) is 7.14. The number of likely N-dealkylation sites (tertiary alicyclic amines) is 1. The largest absolute Gasteiger partial charge is 0.348 e. The molecule has 2 aromatic heterocycles. The number of thiazole rings is 1. The monoisotopic (exact) mass is 331 g/mol. The van der Waals surface area contributed by atoms with E-state index in [0.29, 0.717) is 5.69 Å². The minimum Gasteiger partial charge on any atom is -0.348 e. The van der Waals surface area contributed by atoms with Gasteiger partial charge in [-0.05, 0) is 32.8 Å². The van der Waals surface area contributed by atoms with Crippen molar-refractivity contribution in [2.24, 2.45) is 0 Å². The van der Waals surface area contributed by atoms with Gasteiger partial charge in [0, 0.05) is 36.8 Å². The van der Waals surface area contributed by atoms with Gasteiger partial charge in [0.1, 0.15) is 12.0 Å². The number of hydrogen-bond acceptors (Lipinski definition) is 6. The first-order chi connectivity index (χ1) is 11.1. The third kappa shape index (κ3) is 4.11. The number of carbonyl (C=O) groups is 1. The van der Waals surface area contributed by atoms with Crippen LogP contribution in [0, 0.1) is 13.8 Å². The van der Waals surface area contributed by atoms with E-state index in [9.17, 15) is 4.79 Å². The van der Waals surface area contributed by atoms with Gasteiger partial charge in [-0.2, -0.15) is 0 Å². The third-order valence-electron chi connectivity index (χ3n) is 4.10. The van der Waals surface area contributed by atoms with Crippen molar-refractivity contribution in [2.45, 2.75) is 39.3 Å². The number of aryl methyl sites for hydroxylation is 2. The highest BCUT2D eigenvalue weighted by atomic mass is 32.1. The molecule has 0 atom stereocenters. The zero-order valence-corrected chi connectivity index (χ0v) is 14.3. The van der Waals surface area contributed by atoms with E-state index in [1.54, 1.807) is 23.6 Å². The maximum atomic E-state index is 12.1. The average molecular weight is 331 g/mol. The second-order valence-electron chi connectivity index (χ2n) is 5.86. The second-order valence-corrected chi connectivity index (χ2v) is 7.15. The Hall–Kier alpha value is -1.86. The maximum Gasteiger partial charge on any atom is 0.270 e. The number of nitrogens with one attached hydrogen (secondary N) is 1. The van der Waals surface area contributed by atoms with Crippen LogP contribution in [0.4, 0.5) is 0 Å². The molecule has 0 saturated carbocycles. The van der Waals surface area contributed by atoms with E-state index in [2.05, 4.69) is 39.0 Å². The number of hydrogen-bond donors (Lipinski definition) is 1. The lowest BCUT2D eigenvalue weighted by Crippen LogP contribution is -2.44. The highest BCUT2D eigenvalue weighted by molar-refractivity contribution is 7.11. The van der Waals surface area contributed by atoms with E-state index >= 15 is 0 Å². The predicted molar refractivity (Wildman–Crippen MR) is 89.4 cm³/mol. The van der Waals surface area contributed by atoms with E-state index in [1.165, 1.54) is 11.2 Å². The molecule has 0 radical (unpaired) electrons. The van der Waals surface area contributed by atoms with Crippen LogP contribution in [0.25, 0.3) is 0 Å². The van der Waals surface area contributed by atoms with Crippen LogP contribution in [-0.4, -0.2) is 44.9 Å². The first-order valence-electron chi connectivity index (χ1n) is 7.84. The third-order valence-corrected chi connectivity index (χ3v) is 5.16. The average Bonchev–Trinajstić information content (AvgIpc) is 2.87. The zero-order chi connectivity index (χ0) is 16.2. The molecule has 23 heavy (non-hydrogen) atoms. The molecule has 0 spiro atoms. The molecule has 1 aliphatic heterocycles. The Kier molecular flexibility index (Phi) is 4.97. The number of amides is 1. The Morgan fingerprint density at radius 2 is 2.17 bits per heavy atom. The van der Waals surface area contributed by atoms with E-state index in [1.807, 2.05) is 0 Å². The number of piperidine rings is 1. The van der Waals surface area contributed by atoms with Crippen molar-refractivity contribution in [1.82, 2.24) is 25.2 Å². The Labute approximate surface area is 140 Å². The number of aromatic nitrogens is 3. The van der Waals surface area contributed by atoms with Crippen LogP contribution in [-0.2, 0) is 6.54 Å². The van der Waals surface area contributed by atoms with Crippen molar-refractivity contribution in [3.63, 3.8) is 0 Å². The molecule has 3 heterocycles. The number of rotatable bonds is 4. The van der Waals surface area contributed by atoms with Crippen LogP contribution >= 0.6 is 11.3 Å². The van der Waals surface area contributed by atoms with E-state index < -0.39 is 0 Å². The molecule has 122 valence electrons. The first kappa shape index (κ1) is 16.0. The molecule has 1 amide bonds. The molecular formula is C16H21N5OS. The highest BCUT2D eigenvalue weighted by Crippen LogP contribution is 2.21. The fourth-order valence-electron chi connectivity index (χ4n) is 2.84. The van der Waals surface area contributed by atoms with Crippen molar-refractivity contribution in [3.05, 3.63) is 39.9 Å². The van der Waals surface area contributed by atoms with Gasteiger partial charge in [-0.1, -0.05) is 0 Å². The molecule has 6 nitrogen and oxygen atoms in total. The molecule has 2 aromatic rings. The van der Waals surface area contributed by atoms with Crippen LogP contribution in [0.15, 0.2) is 18.6 Å². The molecule has 3 rings (SSSR count). The molecule has 1 aliphatic rings. The van der Waals surface area contributed by atoms with Crippen molar-refractivity contribution >= 4 is 17.2 Å². The lowest BCUT2D eigenvalue weighted by Gasteiger charge is -2.32. The molecular weight excluding hydrogens is 310 g/mol. The fourth-order valence-corrected chi connectivity index (χ4v) is 3.82. The Bertz CT molecular complexity index is 664. The molecule has 1 N–H and O–H groups in total. The molecule has 1 saturated heterocycles. The van der Waals surface area contributed by atoms with Gasteiger partial charge in [-0.25, -0.2) is 15.0 Å². The predicted octanol–water partition coefficient (Wildman–Crippen LogP) is 1.94. The molecule has 0 bridgehead atoms. The lowest BCUT2D eigenvalue weighted by atomic mass is 10.0. The van der Waals surface area contributed by atoms with Crippen molar-refractivity contribution in [3.8, 4) is 0 Å². The van der Waals surface area contributed by atoms with Gasteiger partial charge in [0.15, 0.2) is 0 Å². The lowest BCUT2D eigenvalue weighted by molar-refractivity contribution is 0.0904. The summed E-state index contributed by atoms with van der Waals surface area (Å²) in [6.07, 6.45) is 4.92. The first-order valence-corrected chi connectivity index (χ1v) is 8.65. The maximum absolute atomic E-state index is 12.1. The summed E-state index contributed by atoms with van der Waals surface area (Å²) in [6.45, 7) is 7.07. The summed E-state index contributed by atoms with van der Waals surface area (Å²) in [7, 11) is 0. The van der Waals surface area contributed by atoms with Gasteiger partial charge in [0.05, 0.1) is 10.7 Å². The SMILES string of the molecule is Cc1nc(C)c(CN2CCC(NC(=O)c3ccncn3)CC2)s1. The molecule has 0 unspecified atom stereocenters. The summed E-state index contributed by atoms with van der Waals surface area (Å²) in [6, 6.07) is 1.86. The minimum absolute atomic E-state index is 0.111. The fraction of sp³-hybridized carbons (Fsp3) is 0.500. The smallest absolute Gasteiger partial charge is 0.270 e. The zero-order valence-electron chi connectivity index (χ0n) is 13.5. The molecule has 0 aliphatic carbocycles. The van der Waals surface area contributed by atoms with Crippen LogP contribution < -0.4 is 5.32 Å². The van der Waals surface area contributed by atoms with E-state index in [4.69, 9.17) is 0 Å². The summed E-state index contributed by atoms with van der Waals surface area (Å²) >= 11 is 1.78. The number of carbonyl (C=O) groups excluding carboxylic acids is 1. The highest BCUT2D eigenvalue weighted by Gasteiger charge is 2.22. The van der Waals surface area contributed by atoms with E-state index in [-0.39, 0.29) is 11.9 Å². The standard InChI is InChI=1S/C16H21N5OS/c1-11-15(23-12(2)19-11)9-21-7-4-13(5-8-21)20-16(22)14-3-6-17-10-18-14/h3,6,10,13H,4-5,7-9H2,1-2H3,(H,20,22). The Balaban J connectivity index is 1.49. The molecule has 7 heteroatoms. The summed E-state index contributed by atoms with van der Waals surface area (Å²) in [5, 5.41) is 4.20. The van der Waals surface area contributed by atoms with Gasteiger partial charge >= 0.3 is 0 Å². The van der Waals surface area contributed by atoms with Gasteiger partial charge in [-0.15, -0.1) is 11.3 Å². The van der Waals surface area contributed by atoms with Crippen molar-refractivity contribution in [2.75, 3.05) is 13.1 Å². The van der Waals surface area contributed by atoms with Gasteiger partial charge in [-0.3, -0.25) is 9.69 Å². The van der Waals surface area contributed by atoms with E-state index in [0.717, 1.165) is 43.2 Å². The van der Waals surface area contributed by atoms with Crippen molar-refractivity contribution in [1.29, 1.82) is 0 Å². The molecule has 0 aromatic carbocycles. The van der Waals surface area contributed by atoms with Crippen LogP contribution in [0.3, 0.4) is 0 Å². The van der Waals surface area contributed by atoms with Gasteiger partial charge in [0.2, 0.25) is 0 Å². The summed E-state index contributed by atoms with van der Waals surface area (Å²) in [5.74, 6) is -0.111. The van der Waals surface area contributed by atoms with Gasteiger partial charge in [0.25, 0.3) is 5.91 Å². The van der Waals surface area contributed by atoms with Crippen LogP contribution in [0.2, 0.25) is 0 Å². The van der Waals surface area contributed by atoms with Crippen LogP contribution in [0.5, 0.6) is 0 Å². The topological polar surface area (TPSA) is 71.0 Å². The normalized spacial score (nSPS) is 16.4. The Morgan fingerprint density at radius 1 is 1.39 bits per heavy atom. The summed E-state index contributed by atoms with van der Waals surface area (Å²) < 4.78 is 0. The van der Waals surface area contributed by atoms with Crippen molar-refractivity contribution < 1.29 is 4.79 Å².